The summed E-state index contributed by atoms with van der Waals surface area (Å²) >= 11 is 2.35. The van der Waals surface area contributed by atoms with Crippen LogP contribution in [-0.2, 0) is 0 Å². The van der Waals surface area contributed by atoms with Crippen LogP contribution in [0.25, 0.3) is 0 Å². The standard InChI is InChI=1S/C4H8I/c1-2-3-4-5/h1-4H2. The summed E-state index contributed by atoms with van der Waals surface area (Å²) in [5.74, 6) is 0. The summed E-state index contributed by atoms with van der Waals surface area (Å²) in [5, 5.41) is 0. The summed E-state index contributed by atoms with van der Waals surface area (Å²) in [6.45, 7) is 3.67. The third-order valence-electron chi connectivity index (χ3n) is 0.384. The number of alkyl halides is 1. The smallest absolute Gasteiger partial charge is 0.000473 e. The molecule has 0 aliphatic carbocycles. The van der Waals surface area contributed by atoms with Gasteiger partial charge in [-0.1, -0.05) is 35.9 Å². The molecular formula is C4H8I. The van der Waals surface area contributed by atoms with Crippen molar-refractivity contribution in [3.8, 4) is 0 Å². The van der Waals surface area contributed by atoms with Gasteiger partial charge in [-0.05, 0) is 10.8 Å². The van der Waals surface area contributed by atoms with Crippen LogP contribution in [0, 0.1) is 6.92 Å². The van der Waals surface area contributed by atoms with Crippen molar-refractivity contribution in [1.82, 2.24) is 0 Å². The molecule has 0 amide bonds. The van der Waals surface area contributed by atoms with Gasteiger partial charge in [0.05, 0.1) is 0 Å². The first-order chi connectivity index (χ1) is 2.41. The summed E-state index contributed by atoms with van der Waals surface area (Å²) in [6, 6.07) is 0. The Balaban J connectivity index is 2.19. The second-order valence-corrected chi connectivity index (χ2v) is 1.97. The molecule has 0 bridgehead atoms. The first-order valence-corrected chi connectivity index (χ1v) is 3.29. The first kappa shape index (κ1) is 5.73. The summed E-state index contributed by atoms with van der Waals surface area (Å²) in [5.41, 5.74) is 0. The zero-order chi connectivity index (χ0) is 4.12. The highest BCUT2D eigenvalue weighted by Gasteiger charge is 1.69. The van der Waals surface area contributed by atoms with Crippen LogP contribution in [0.1, 0.15) is 12.8 Å². The number of hydrogen-bond donors (Lipinski definition) is 0. The second kappa shape index (κ2) is 4.73. The lowest BCUT2D eigenvalue weighted by Crippen LogP contribution is -1.64. The molecule has 0 N–H and O–H groups in total. The molecule has 0 unspecified atom stereocenters. The van der Waals surface area contributed by atoms with Gasteiger partial charge in [-0.15, -0.1) is 0 Å². The van der Waals surface area contributed by atoms with E-state index in [1.807, 2.05) is 0 Å². The van der Waals surface area contributed by atoms with Crippen LogP contribution >= 0.6 is 22.6 Å². The minimum absolute atomic E-state index is 1.09. The normalized spacial score (nSPS) is 8.40. The van der Waals surface area contributed by atoms with E-state index in [0.29, 0.717) is 0 Å². The molecule has 0 atom stereocenters. The van der Waals surface area contributed by atoms with Crippen LogP contribution in [0.5, 0.6) is 0 Å². The third kappa shape index (κ3) is 4.73. The molecule has 1 radical (unpaired) electrons. The van der Waals surface area contributed by atoms with Crippen LogP contribution in [0.4, 0.5) is 0 Å². The van der Waals surface area contributed by atoms with Gasteiger partial charge in [0.25, 0.3) is 0 Å². The zero-order valence-corrected chi connectivity index (χ0v) is 5.36. The van der Waals surface area contributed by atoms with Crippen LogP contribution < -0.4 is 0 Å². The predicted octanol–water partition coefficient (Wildman–Crippen LogP) is 2.04. The number of unbranched alkanes of at least 4 members (excludes halogenated alkanes) is 1. The van der Waals surface area contributed by atoms with Gasteiger partial charge < -0.3 is 0 Å². The highest BCUT2D eigenvalue weighted by atomic mass is 127. The van der Waals surface area contributed by atoms with E-state index < -0.39 is 0 Å². The van der Waals surface area contributed by atoms with E-state index in [1.54, 1.807) is 0 Å². The zero-order valence-electron chi connectivity index (χ0n) is 3.21. The lowest BCUT2D eigenvalue weighted by atomic mass is 10.4. The molecular weight excluding hydrogens is 175 g/mol. The van der Waals surface area contributed by atoms with Crippen LogP contribution in [0.3, 0.4) is 0 Å². The molecule has 31 valence electrons. The van der Waals surface area contributed by atoms with Gasteiger partial charge in [0, 0.05) is 0 Å². The number of hydrogen-bond acceptors (Lipinski definition) is 0. The molecule has 0 aromatic rings. The molecule has 1 heteroatoms. The van der Waals surface area contributed by atoms with E-state index in [-0.39, 0.29) is 0 Å². The molecule has 0 rings (SSSR count). The van der Waals surface area contributed by atoms with E-state index in [0.717, 1.165) is 6.42 Å². The van der Waals surface area contributed by atoms with E-state index in [2.05, 4.69) is 29.5 Å². The fraction of sp³-hybridized carbons (Fsp3) is 0.750. The maximum atomic E-state index is 3.67. The van der Waals surface area contributed by atoms with Gasteiger partial charge >= 0.3 is 0 Å². The molecule has 0 saturated carbocycles. The van der Waals surface area contributed by atoms with E-state index in [1.165, 1.54) is 10.8 Å². The van der Waals surface area contributed by atoms with Crippen molar-refractivity contribution in [2.45, 2.75) is 12.8 Å². The summed E-state index contributed by atoms with van der Waals surface area (Å²) in [4.78, 5) is 0. The van der Waals surface area contributed by atoms with Crippen LogP contribution in [0.2, 0.25) is 0 Å². The molecule has 0 aliphatic rings. The number of rotatable bonds is 2. The van der Waals surface area contributed by atoms with Gasteiger partial charge in [0.2, 0.25) is 0 Å². The fourth-order valence-corrected chi connectivity index (χ4v) is 0.634. The lowest BCUT2D eigenvalue weighted by molar-refractivity contribution is 0.984. The molecule has 0 aliphatic heterocycles. The van der Waals surface area contributed by atoms with E-state index in [9.17, 15) is 0 Å². The topological polar surface area (TPSA) is 0 Å². The van der Waals surface area contributed by atoms with Gasteiger partial charge in [0.1, 0.15) is 0 Å². The second-order valence-electron chi connectivity index (χ2n) is 0.896. The Labute approximate surface area is 47.1 Å². The molecule has 0 heterocycles. The predicted molar refractivity (Wildman–Crippen MR) is 33.5 cm³/mol. The Morgan fingerprint density at radius 3 is 2.20 bits per heavy atom. The summed E-state index contributed by atoms with van der Waals surface area (Å²) in [7, 11) is 0. The first-order valence-electron chi connectivity index (χ1n) is 1.77. The maximum Gasteiger partial charge on any atom is -0.000473 e. The van der Waals surface area contributed by atoms with Crippen molar-refractivity contribution in [2.75, 3.05) is 4.43 Å². The summed E-state index contributed by atoms with van der Waals surface area (Å²) in [6.07, 6.45) is 2.35. The van der Waals surface area contributed by atoms with E-state index >= 15 is 0 Å². The molecule has 0 aromatic heterocycles. The Kier molecular flexibility index (Phi) is 5.42. The molecule has 0 spiro atoms. The lowest BCUT2D eigenvalue weighted by Gasteiger charge is -1.77. The molecule has 0 aromatic carbocycles. The Morgan fingerprint density at radius 2 is 2.20 bits per heavy atom. The summed E-state index contributed by atoms with van der Waals surface area (Å²) < 4.78 is 1.25. The highest BCUT2D eigenvalue weighted by Crippen LogP contribution is 1.89. The van der Waals surface area contributed by atoms with Gasteiger partial charge in [-0.2, -0.15) is 0 Å². The third-order valence-corrected chi connectivity index (χ3v) is 1.15. The maximum absolute atomic E-state index is 3.67. The fourth-order valence-electron chi connectivity index (χ4n) is 0.0945. The molecule has 0 fully saturated rings. The Hall–Kier alpha value is 0.730. The van der Waals surface area contributed by atoms with Gasteiger partial charge in [0.15, 0.2) is 0 Å². The minimum Gasteiger partial charge on any atom is -0.0864 e. The highest BCUT2D eigenvalue weighted by molar-refractivity contribution is 14.1. The van der Waals surface area contributed by atoms with Gasteiger partial charge in [-0.3, -0.25) is 0 Å². The Bertz CT molecular complexity index is 11.1. The van der Waals surface area contributed by atoms with E-state index in [4.69, 9.17) is 0 Å². The molecule has 5 heavy (non-hydrogen) atoms. The van der Waals surface area contributed by atoms with Gasteiger partial charge in [-0.25, -0.2) is 0 Å². The van der Waals surface area contributed by atoms with Crippen molar-refractivity contribution >= 4 is 22.6 Å². The molecule has 0 saturated heterocycles. The average Bonchev–Trinajstić information content (AvgIpc) is 1.41. The monoisotopic (exact) mass is 183 g/mol. The largest absolute Gasteiger partial charge is 0.0864 e. The Morgan fingerprint density at radius 1 is 1.60 bits per heavy atom. The van der Waals surface area contributed by atoms with Crippen molar-refractivity contribution in [2.24, 2.45) is 0 Å². The van der Waals surface area contributed by atoms with Crippen molar-refractivity contribution in [1.29, 1.82) is 0 Å². The SMILES string of the molecule is [CH2]CCCI. The van der Waals surface area contributed by atoms with Crippen molar-refractivity contribution in [3.05, 3.63) is 6.92 Å². The average molecular weight is 183 g/mol. The minimum atomic E-state index is 1.09. The quantitative estimate of drug-likeness (QED) is 0.453. The molecule has 0 nitrogen and oxygen atoms in total. The van der Waals surface area contributed by atoms with Crippen molar-refractivity contribution < 1.29 is 0 Å². The van der Waals surface area contributed by atoms with Crippen LogP contribution in [0.15, 0.2) is 0 Å². The van der Waals surface area contributed by atoms with Crippen LogP contribution in [-0.4, -0.2) is 4.43 Å². The van der Waals surface area contributed by atoms with Crippen molar-refractivity contribution in [3.63, 3.8) is 0 Å². The number of halogens is 1.